The fourth-order valence-corrected chi connectivity index (χ4v) is 2.19. The zero-order chi connectivity index (χ0) is 13.6. The largest absolute Gasteiger partial charge is 0.457 e. The Balaban J connectivity index is 1.66. The van der Waals surface area contributed by atoms with Crippen molar-refractivity contribution in [1.82, 2.24) is 9.59 Å². The Hall–Kier alpha value is -2.40. The summed E-state index contributed by atoms with van der Waals surface area (Å²) >= 11 is 1.35. The SMILES string of the molecule is c1ccc(Oc2cccc(CNc3cnns3)c2)cc1. The van der Waals surface area contributed by atoms with Gasteiger partial charge in [-0.2, -0.15) is 0 Å². The Bertz CT molecular complexity index is 656. The molecule has 0 unspecified atom stereocenters. The first kappa shape index (κ1) is 12.6. The Kier molecular flexibility index (Phi) is 3.89. The third kappa shape index (κ3) is 3.33. The minimum absolute atomic E-state index is 0.718. The second-order valence-corrected chi connectivity index (χ2v) is 4.98. The molecule has 1 N–H and O–H groups in total. The van der Waals surface area contributed by atoms with Crippen LogP contribution >= 0.6 is 11.5 Å². The van der Waals surface area contributed by atoms with Gasteiger partial charge in [-0.1, -0.05) is 34.8 Å². The maximum absolute atomic E-state index is 5.81. The molecule has 0 aliphatic heterocycles. The van der Waals surface area contributed by atoms with Gasteiger partial charge in [-0.15, -0.1) is 5.10 Å². The van der Waals surface area contributed by atoms with Crippen molar-refractivity contribution < 1.29 is 4.74 Å². The third-order valence-corrected chi connectivity index (χ3v) is 3.33. The van der Waals surface area contributed by atoms with Crippen LogP contribution in [0.15, 0.2) is 60.8 Å². The van der Waals surface area contributed by atoms with Crippen LogP contribution in [0, 0.1) is 0 Å². The van der Waals surface area contributed by atoms with Crippen molar-refractivity contribution in [3.8, 4) is 11.5 Å². The second kappa shape index (κ2) is 6.16. The first-order chi connectivity index (χ1) is 9.90. The van der Waals surface area contributed by atoms with E-state index in [1.165, 1.54) is 11.5 Å². The maximum Gasteiger partial charge on any atom is 0.130 e. The second-order valence-electron chi connectivity index (χ2n) is 4.20. The number of nitrogens with one attached hydrogen (secondary N) is 1. The number of rotatable bonds is 5. The van der Waals surface area contributed by atoms with Crippen molar-refractivity contribution in [1.29, 1.82) is 0 Å². The molecule has 1 aromatic heterocycles. The maximum atomic E-state index is 5.81. The number of benzene rings is 2. The quantitative estimate of drug-likeness (QED) is 0.770. The molecule has 4 nitrogen and oxygen atoms in total. The molecule has 0 bridgehead atoms. The highest BCUT2D eigenvalue weighted by Crippen LogP contribution is 2.22. The molecule has 0 saturated carbocycles. The molecule has 20 heavy (non-hydrogen) atoms. The van der Waals surface area contributed by atoms with Gasteiger partial charge in [0.15, 0.2) is 0 Å². The summed E-state index contributed by atoms with van der Waals surface area (Å²) in [7, 11) is 0. The van der Waals surface area contributed by atoms with Gasteiger partial charge < -0.3 is 10.1 Å². The zero-order valence-electron chi connectivity index (χ0n) is 10.7. The predicted octanol–water partition coefficient (Wildman–Crippen LogP) is 3.94. The van der Waals surface area contributed by atoms with E-state index in [4.69, 9.17) is 4.74 Å². The number of para-hydroxylation sites is 1. The summed E-state index contributed by atoms with van der Waals surface area (Å²) in [4.78, 5) is 0. The number of nitrogens with zero attached hydrogens (tertiary/aromatic N) is 2. The van der Waals surface area contributed by atoms with Gasteiger partial charge in [0.25, 0.3) is 0 Å². The van der Waals surface area contributed by atoms with E-state index in [1.807, 2.05) is 48.5 Å². The van der Waals surface area contributed by atoms with Crippen molar-refractivity contribution in [2.75, 3.05) is 5.32 Å². The topological polar surface area (TPSA) is 47.0 Å². The lowest BCUT2D eigenvalue weighted by atomic mass is 10.2. The Morgan fingerprint density at radius 3 is 2.65 bits per heavy atom. The first-order valence-electron chi connectivity index (χ1n) is 6.23. The molecule has 3 rings (SSSR count). The number of anilines is 1. The predicted molar refractivity (Wildman–Crippen MR) is 80.2 cm³/mol. The standard InChI is InChI=1S/C15H13N3OS/c1-2-6-13(7-3-1)19-14-8-4-5-12(9-14)10-16-15-11-17-18-20-15/h1-9,11,16H,10H2. The Labute approximate surface area is 121 Å². The van der Waals surface area contributed by atoms with Crippen LogP contribution in [0.4, 0.5) is 5.00 Å². The molecular formula is C15H13N3OS. The van der Waals surface area contributed by atoms with Gasteiger partial charge in [0.05, 0.1) is 6.20 Å². The van der Waals surface area contributed by atoms with E-state index >= 15 is 0 Å². The number of hydrogen-bond acceptors (Lipinski definition) is 5. The van der Waals surface area contributed by atoms with Gasteiger partial charge in [-0.25, -0.2) is 0 Å². The molecule has 0 aliphatic rings. The lowest BCUT2D eigenvalue weighted by Crippen LogP contribution is -1.97. The average molecular weight is 283 g/mol. The number of aromatic nitrogens is 2. The molecule has 100 valence electrons. The van der Waals surface area contributed by atoms with Gasteiger partial charge in [0, 0.05) is 18.1 Å². The molecule has 0 aliphatic carbocycles. The molecule has 0 atom stereocenters. The van der Waals surface area contributed by atoms with E-state index in [-0.39, 0.29) is 0 Å². The van der Waals surface area contributed by atoms with Crippen LogP contribution in [0.2, 0.25) is 0 Å². The summed E-state index contributed by atoms with van der Waals surface area (Å²) in [6.45, 7) is 0.718. The third-order valence-electron chi connectivity index (χ3n) is 2.71. The summed E-state index contributed by atoms with van der Waals surface area (Å²) in [5.74, 6) is 1.67. The number of ether oxygens (including phenoxy) is 1. The van der Waals surface area contributed by atoms with E-state index < -0.39 is 0 Å². The van der Waals surface area contributed by atoms with E-state index in [9.17, 15) is 0 Å². The van der Waals surface area contributed by atoms with Gasteiger partial charge >= 0.3 is 0 Å². The normalized spacial score (nSPS) is 10.2. The van der Waals surface area contributed by atoms with Crippen molar-refractivity contribution in [3.05, 3.63) is 66.4 Å². The highest BCUT2D eigenvalue weighted by atomic mass is 32.1. The van der Waals surface area contributed by atoms with Crippen molar-refractivity contribution in [2.24, 2.45) is 0 Å². The van der Waals surface area contributed by atoms with Gasteiger partial charge in [0.1, 0.15) is 16.5 Å². The lowest BCUT2D eigenvalue weighted by Gasteiger charge is -2.08. The monoisotopic (exact) mass is 283 g/mol. The minimum Gasteiger partial charge on any atom is -0.457 e. The number of hydrogen-bond donors (Lipinski definition) is 1. The molecule has 0 amide bonds. The van der Waals surface area contributed by atoms with Gasteiger partial charge in [-0.3, -0.25) is 0 Å². The molecule has 0 saturated heterocycles. The summed E-state index contributed by atoms with van der Waals surface area (Å²) < 4.78 is 9.62. The molecule has 5 heteroatoms. The first-order valence-corrected chi connectivity index (χ1v) is 7.00. The van der Waals surface area contributed by atoms with E-state index in [0.29, 0.717) is 0 Å². The molecule has 0 radical (unpaired) electrons. The minimum atomic E-state index is 0.718. The molecule has 0 fully saturated rings. The van der Waals surface area contributed by atoms with E-state index in [1.54, 1.807) is 6.20 Å². The Morgan fingerprint density at radius 1 is 1.00 bits per heavy atom. The summed E-state index contributed by atoms with van der Waals surface area (Å²) in [6, 6.07) is 17.8. The summed E-state index contributed by atoms with van der Waals surface area (Å²) in [5, 5.41) is 8.02. The lowest BCUT2D eigenvalue weighted by molar-refractivity contribution is 0.482. The smallest absolute Gasteiger partial charge is 0.130 e. The van der Waals surface area contributed by atoms with E-state index in [0.717, 1.165) is 28.6 Å². The zero-order valence-corrected chi connectivity index (χ0v) is 11.5. The Morgan fingerprint density at radius 2 is 1.85 bits per heavy atom. The van der Waals surface area contributed by atoms with Gasteiger partial charge in [-0.05, 0) is 29.8 Å². The van der Waals surface area contributed by atoms with Crippen LogP contribution in [0.3, 0.4) is 0 Å². The van der Waals surface area contributed by atoms with Crippen LogP contribution in [-0.4, -0.2) is 9.59 Å². The van der Waals surface area contributed by atoms with Gasteiger partial charge in [0.2, 0.25) is 0 Å². The molecular weight excluding hydrogens is 270 g/mol. The summed E-state index contributed by atoms with van der Waals surface area (Å²) in [5.41, 5.74) is 1.15. The highest BCUT2D eigenvalue weighted by Gasteiger charge is 2.00. The highest BCUT2D eigenvalue weighted by molar-refractivity contribution is 7.09. The molecule has 2 aromatic carbocycles. The van der Waals surface area contributed by atoms with Crippen LogP contribution < -0.4 is 10.1 Å². The van der Waals surface area contributed by atoms with Crippen LogP contribution in [-0.2, 0) is 6.54 Å². The molecule has 1 heterocycles. The van der Waals surface area contributed by atoms with Crippen molar-refractivity contribution in [3.63, 3.8) is 0 Å². The fraction of sp³-hybridized carbons (Fsp3) is 0.0667. The fourth-order valence-electron chi connectivity index (χ4n) is 1.78. The average Bonchev–Trinajstić information content (AvgIpc) is 3.00. The summed E-state index contributed by atoms with van der Waals surface area (Å²) in [6.07, 6.45) is 1.72. The van der Waals surface area contributed by atoms with Crippen molar-refractivity contribution in [2.45, 2.75) is 6.54 Å². The molecule has 3 aromatic rings. The van der Waals surface area contributed by atoms with E-state index in [2.05, 4.69) is 21.0 Å². The van der Waals surface area contributed by atoms with Crippen LogP contribution in [0.1, 0.15) is 5.56 Å². The van der Waals surface area contributed by atoms with Crippen molar-refractivity contribution >= 4 is 16.5 Å². The van der Waals surface area contributed by atoms with Crippen LogP contribution in [0.25, 0.3) is 0 Å². The molecule has 0 spiro atoms. The van der Waals surface area contributed by atoms with Crippen LogP contribution in [0.5, 0.6) is 11.5 Å².